The Morgan fingerprint density at radius 3 is 2.20 bits per heavy atom. The van der Waals surface area contributed by atoms with Crippen LogP contribution in [0.5, 0.6) is 0 Å². The van der Waals surface area contributed by atoms with E-state index in [0.717, 1.165) is 12.8 Å². The smallest absolute Gasteiger partial charge is 0.326 e. The van der Waals surface area contributed by atoms with E-state index in [1.165, 1.54) is 0 Å². The second-order valence-corrected chi connectivity index (χ2v) is 5.67. The minimum atomic E-state index is -1.23. The number of rotatable bonds is 8. The van der Waals surface area contributed by atoms with Crippen LogP contribution in [0.1, 0.15) is 39.5 Å². The molecule has 1 saturated carbocycles. The van der Waals surface area contributed by atoms with Gasteiger partial charge in [0.25, 0.3) is 0 Å². The average molecular weight is 286 g/mol. The highest BCUT2D eigenvalue weighted by molar-refractivity contribution is 5.83. The fraction of sp³-hybridized carbons (Fsp3) is 0.769. The van der Waals surface area contributed by atoms with Crippen molar-refractivity contribution in [1.82, 2.24) is 10.6 Å². The number of carbonyl (C=O) groups is 3. The molecule has 1 fully saturated rings. The van der Waals surface area contributed by atoms with Crippen LogP contribution in [0.25, 0.3) is 0 Å². The van der Waals surface area contributed by atoms with Crippen LogP contribution in [-0.2, 0) is 9.59 Å². The zero-order chi connectivity index (χ0) is 15.3. The van der Waals surface area contributed by atoms with Gasteiger partial charge in [-0.2, -0.15) is 0 Å². The Hall–Kier alpha value is -1.79. The number of hydrogen-bond donors (Lipinski definition) is 4. The number of amides is 2. The van der Waals surface area contributed by atoms with Crippen molar-refractivity contribution in [2.45, 2.75) is 45.6 Å². The Kier molecular flexibility index (Phi) is 5.35. The molecule has 20 heavy (non-hydrogen) atoms. The molecule has 1 aliphatic carbocycles. The van der Waals surface area contributed by atoms with Crippen molar-refractivity contribution in [2.75, 3.05) is 6.54 Å². The van der Waals surface area contributed by atoms with Crippen LogP contribution in [0.2, 0.25) is 0 Å². The van der Waals surface area contributed by atoms with E-state index in [9.17, 15) is 14.4 Å². The zero-order valence-corrected chi connectivity index (χ0v) is 11.8. The van der Waals surface area contributed by atoms with Gasteiger partial charge in [-0.25, -0.2) is 9.59 Å². The summed E-state index contributed by atoms with van der Waals surface area (Å²) in [6, 6.07) is -1.74. The Morgan fingerprint density at radius 2 is 1.80 bits per heavy atom. The summed E-state index contributed by atoms with van der Waals surface area (Å²) in [6.07, 6.45) is 1.69. The summed E-state index contributed by atoms with van der Waals surface area (Å²) in [5.74, 6) is -1.85. The molecule has 7 heteroatoms. The molecule has 7 nitrogen and oxygen atoms in total. The van der Waals surface area contributed by atoms with Gasteiger partial charge in [-0.1, -0.05) is 13.8 Å². The summed E-state index contributed by atoms with van der Waals surface area (Å²) < 4.78 is 0. The van der Waals surface area contributed by atoms with Crippen LogP contribution in [0.15, 0.2) is 0 Å². The molecule has 0 unspecified atom stereocenters. The van der Waals surface area contributed by atoms with Gasteiger partial charge in [-0.05, 0) is 30.6 Å². The second kappa shape index (κ2) is 6.58. The zero-order valence-electron chi connectivity index (χ0n) is 11.8. The maximum absolute atomic E-state index is 11.7. The summed E-state index contributed by atoms with van der Waals surface area (Å²) in [4.78, 5) is 33.0. The number of aliphatic carboxylic acids is 2. The average Bonchev–Trinajstić information content (AvgIpc) is 3.12. The van der Waals surface area contributed by atoms with E-state index >= 15 is 0 Å². The third kappa shape index (κ3) is 4.71. The highest BCUT2D eigenvalue weighted by Gasteiger charge is 2.45. The van der Waals surface area contributed by atoms with E-state index < -0.39 is 24.0 Å². The molecule has 0 radical (unpaired) electrons. The number of urea groups is 1. The molecule has 0 aromatic rings. The lowest BCUT2D eigenvalue weighted by atomic mass is 9.92. The first-order valence-corrected chi connectivity index (χ1v) is 6.76. The van der Waals surface area contributed by atoms with Crippen molar-refractivity contribution in [1.29, 1.82) is 0 Å². The summed E-state index contributed by atoms with van der Waals surface area (Å²) in [5.41, 5.74) is 0.136. The standard InChI is InChI=1S/C13H22N2O5/c1-8(2)13(5-6-13)7-14-12(20)15-9(11(18)19)3-4-10(16)17/h8-9H,3-7H2,1-2H3,(H,16,17)(H,18,19)(H2,14,15,20)/t9-/m0/s1. The lowest BCUT2D eigenvalue weighted by Crippen LogP contribution is -2.47. The molecule has 0 saturated heterocycles. The van der Waals surface area contributed by atoms with Crippen LogP contribution >= 0.6 is 0 Å². The first-order chi connectivity index (χ1) is 9.27. The minimum Gasteiger partial charge on any atom is -0.481 e. The number of carbonyl (C=O) groups excluding carboxylic acids is 1. The van der Waals surface area contributed by atoms with E-state index in [-0.39, 0.29) is 18.3 Å². The van der Waals surface area contributed by atoms with Gasteiger partial charge in [-0.3, -0.25) is 4.79 Å². The quantitative estimate of drug-likeness (QED) is 0.532. The summed E-state index contributed by atoms with van der Waals surface area (Å²) in [7, 11) is 0. The molecule has 1 atom stereocenters. The van der Waals surface area contributed by atoms with Crippen LogP contribution < -0.4 is 10.6 Å². The van der Waals surface area contributed by atoms with Gasteiger partial charge in [0.2, 0.25) is 0 Å². The fourth-order valence-electron chi connectivity index (χ4n) is 2.11. The lowest BCUT2D eigenvalue weighted by Gasteiger charge is -2.21. The SMILES string of the molecule is CC(C)C1(CNC(=O)N[C@@H](CCC(=O)O)C(=O)O)CC1. The molecule has 0 heterocycles. The molecule has 114 valence electrons. The van der Waals surface area contributed by atoms with E-state index in [0.29, 0.717) is 12.5 Å². The van der Waals surface area contributed by atoms with Crippen LogP contribution in [0.4, 0.5) is 4.79 Å². The summed E-state index contributed by atoms with van der Waals surface area (Å²) >= 11 is 0. The molecule has 0 aliphatic heterocycles. The van der Waals surface area contributed by atoms with Gasteiger partial charge in [-0.15, -0.1) is 0 Å². The van der Waals surface area contributed by atoms with E-state index in [4.69, 9.17) is 10.2 Å². The first kappa shape index (κ1) is 16.3. The summed E-state index contributed by atoms with van der Waals surface area (Å²) in [5, 5.41) is 22.4. The largest absolute Gasteiger partial charge is 0.481 e. The molecule has 0 spiro atoms. The van der Waals surface area contributed by atoms with Crippen molar-refractivity contribution >= 4 is 18.0 Å². The van der Waals surface area contributed by atoms with Crippen molar-refractivity contribution in [2.24, 2.45) is 11.3 Å². The normalized spacial score (nSPS) is 17.4. The van der Waals surface area contributed by atoms with Gasteiger partial charge in [0.05, 0.1) is 0 Å². The van der Waals surface area contributed by atoms with Crippen molar-refractivity contribution < 1.29 is 24.6 Å². The number of nitrogens with one attached hydrogen (secondary N) is 2. The summed E-state index contributed by atoms with van der Waals surface area (Å²) in [6.45, 7) is 4.71. The van der Waals surface area contributed by atoms with Crippen LogP contribution in [0, 0.1) is 11.3 Å². The minimum absolute atomic E-state index is 0.132. The van der Waals surface area contributed by atoms with E-state index in [1.807, 2.05) is 0 Å². The molecule has 1 aliphatic rings. The van der Waals surface area contributed by atoms with Gasteiger partial charge in [0.1, 0.15) is 6.04 Å². The molecule has 0 bridgehead atoms. The topological polar surface area (TPSA) is 116 Å². The lowest BCUT2D eigenvalue weighted by molar-refractivity contribution is -0.140. The first-order valence-electron chi connectivity index (χ1n) is 6.76. The highest BCUT2D eigenvalue weighted by Crippen LogP contribution is 2.51. The third-order valence-corrected chi connectivity index (χ3v) is 3.97. The molecule has 1 rings (SSSR count). The molecule has 4 N–H and O–H groups in total. The monoisotopic (exact) mass is 286 g/mol. The predicted molar refractivity (Wildman–Crippen MR) is 71.3 cm³/mol. The molecular weight excluding hydrogens is 264 g/mol. The highest BCUT2D eigenvalue weighted by atomic mass is 16.4. The maximum Gasteiger partial charge on any atom is 0.326 e. The number of hydrogen-bond acceptors (Lipinski definition) is 3. The predicted octanol–water partition coefficient (Wildman–Crippen LogP) is 1.04. The van der Waals surface area contributed by atoms with Gasteiger partial charge in [0, 0.05) is 13.0 Å². The molecule has 2 amide bonds. The molecule has 0 aromatic carbocycles. The Balaban J connectivity index is 2.38. The van der Waals surface area contributed by atoms with Gasteiger partial charge < -0.3 is 20.8 Å². The third-order valence-electron chi connectivity index (χ3n) is 3.97. The molecular formula is C13H22N2O5. The Labute approximate surface area is 117 Å². The van der Waals surface area contributed by atoms with Crippen molar-refractivity contribution in [3.05, 3.63) is 0 Å². The van der Waals surface area contributed by atoms with Crippen LogP contribution in [0.3, 0.4) is 0 Å². The Bertz CT molecular complexity index is 390. The van der Waals surface area contributed by atoms with Gasteiger partial charge in [0.15, 0.2) is 0 Å². The molecule has 0 aromatic heterocycles. The maximum atomic E-state index is 11.7. The second-order valence-electron chi connectivity index (χ2n) is 5.67. The Morgan fingerprint density at radius 1 is 1.20 bits per heavy atom. The number of carboxylic acids is 2. The fourth-order valence-corrected chi connectivity index (χ4v) is 2.11. The van der Waals surface area contributed by atoms with E-state index in [2.05, 4.69) is 24.5 Å². The van der Waals surface area contributed by atoms with Crippen molar-refractivity contribution in [3.8, 4) is 0 Å². The van der Waals surface area contributed by atoms with E-state index in [1.54, 1.807) is 0 Å². The van der Waals surface area contributed by atoms with Crippen molar-refractivity contribution in [3.63, 3.8) is 0 Å². The number of carboxylic acid groups (broad SMARTS) is 2. The van der Waals surface area contributed by atoms with Crippen LogP contribution in [-0.4, -0.2) is 40.8 Å². The van der Waals surface area contributed by atoms with Gasteiger partial charge >= 0.3 is 18.0 Å².